The molecule has 0 radical (unpaired) electrons. The van der Waals surface area contributed by atoms with Crippen LogP contribution < -0.4 is 10.5 Å². The fraction of sp³-hybridized carbons (Fsp3) is 0.286. The number of aromatic nitrogens is 1. The summed E-state index contributed by atoms with van der Waals surface area (Å²) < 4.78 is 24.4. The number of sulfonamides is 1. The number of aryl methyl sites for hydroxylation is 1. The van der Waals surface area contributed by atoms with E-state index in [0.717, 1.165) is 18.7 Å². The average molecular weight is 293 g/mol. The van der Waals surface area contributed by atoms with Gasteiger partial charge < -0.3 is 9.88 Å². The van der Waals surface area contributed by atoms with Gasteiger partial charge in [0.1, 0.15) is 0 Å². The molecule has 2 aromatic rings. The molecule has 108 valence electrons. The third kappa shape index (κ3) is 3.85. The largest absolute Gasteiger partial charge is 0.381 e. The Morgan fingerprint density at radius 2 is 1.90 bits per heavy atom. The van der Waals surface area contributed by atoms with Crippen molar-refractivity contribution in [1.82, 2.24) is 4.57 Å². The molecule has 5 nitrogen and oxygen atoms in total. The molecule has 0 bridgehead atoms. The summed E-state index contributed by atoms with van der Waals surface area (Å²) in [5.41, 5.74) is 2.05. The molecule has 2 rings (SSSR count). The molecule has 1 aromatic heterocycles. The Morgan fingerprint density at radius 1 is 1.20 bits per heavy atom. The zero-order valence-electron chi connectivity index (χ0n) is 11.4. The van der Waals surface area contributed by atoms with Gasteiger partial charge in [-0.3, -0.25) is 0 Å². The van der Waals surface area contributed by atoms with Crippen molar-refractivity contribution in [3.05, 3.63) is 48.3 Å². The maximum Gasteiger partial charge on any atom is 0.238 e. The molecule has 0 amide bonds. The minimum atomic E-state index is -3.62. The molecule has 0 unspecified atom stereocenters. The van der Waals surface area contributed by atoms with Crippen LogP contribution in [0.3, 0.4) is 0 Å². The first kappa shape index (κ1) is 14.6. The first-order valence-electron chi connectivity index (χ1n) is 6.50. The van der Waals surface area contributed by atoms with E-state index in [-0.39, 0.29) is 4.90 Å². The normalized spacial score (nSPS) is 11.5. The summed E-state index contributed by atoms with van der Waals surface area (Å²) in [7, 11) is -3.62. The van der Waals surface area contributed by atoms with Crippen molar-refractivity contribution in [2.24, 2.45) is 5.14 Å². The summed E-state index contributed by atoms with van der Waals surface area (Å²) in [6.45, 7) is 3.86. The zero-order valence-corrected chi connectivity index (χ0v) is 12.2. The Balaban J connectivity index is 1.96. The van der Waals surface area contributed by atoms with Crippen LogP contribution in [0, 0.1) is 0 Å². The standard InChI is InChI=1S/C14H19N3O2S/c1-2-8-17-9-7-12(11-17)10-16-13-3-5-14(6-4-13)20(15,18)19/h3-7,9,11,16H,2,8,10H2,1H3,(H2,15,18,19). The summed E-state index contributed by atoms with van der Waals surface area (Å²) in [5, 5.41) is 8.30. The Labute approximate surface area is 119 Å². The van der Waals surface area contributed by atoms with Crippen molar-refractivity contribution < 1.29 is 8.42 Å². The Morgan fingerprint density at radius 3 is 2.50 bits per heavy atom. The third-order valence-electron chi connectivity index (χ3n) is 2.97. The Kier molecular flexibility index (Phi) is 4.46. The monoisotopic (exact) mass is 293 g/mol. The highest BCUT2D eigenvalue weighted by molar-refractivity contribution is 7.89. The number of nitrogens with zero attached hydrogens (tertiary/aromatic N) is 1. The van der Waals surface area contributed by atoms with Crippen molar-refractivity contribution in [2.75, 3.05) is 5.32 Å². The Hall–Kier alpha value is -1.79. The van der Waals surface area contributed by atoms with Crippen LogP contribution in [-0.2, 0) is 23.1 Å². The number of hydrogen-bond donors (Lipinski definition) is 2. The van der Waals surface area contributed by atoms with Crippen molar-refractivity contribution in [3.63, 3.8) is 0 Å². The molecule has 0 aliphatic rings. The van der Waals surface area contributed by atoms with Gasteiger partial charge in [0.25, 0.3) is 0 Å². The van der Waals surface area contributed by atoms with Crippen LogP contribution in [-0.4, -0.2) is 13.0 Å². The van der Waals surface area contributed by atoms with E-state index in [2.05, 4.69) is 35.3 Å². The van der Waals surface area contributed by atoms with Crippen LogP contribution in [0.1, 0.15) is 18.9 Å². The molecule has 0 saturated carbocycles. The van der Waals surface area contributed by atoms with Crippen molar-refractivity contribution in [1.29, 1.82) is 0 Å². The quantitative estimate of drug-likeness (QED) is 0.856. The van der Waals surface area contributed by atoms with Crippen LogP contribution in [0.2, 0.25) is 0 Å². The van der Waals surface area contributed by atoms with Crippen LogP contribution in [0.25, 0.3) is 0 Å². The van der Waals surface area contributed by atoms with Gasteiger partial charge in [0.05, 0.1) is 4.90 Å². The van der Waals surface area contributed by atoms with Crippen LogP contribution in [0.4, 0.5) is 5.69 Å². The lowest BCUT2D eigenvalue weighted by Crippen LogP contribution is -2.11. The zero-order chi connectivity index (χ0) is 14.6. The van der Waals surface area contributed by atoms with Crippen molar-refractivity contribution in [3.8, 4) is 0 Å². The Bertz CT molecular complexity index is 660. The van der Waals surface area contributed by atoms with E-state index in [1.807, 2.05) is 0 Å². The molecule has 0 spiro atoms. The molecule has 6 heteroatoms. The topological polar surface area (TPSA) is 77.1 Å². The maximum absolute atomic E-state index is 11.1. The molecule has 1 heterocycles. The lowest BCUT2D eigenvalue weighted by molar-refractivity contribution is 0.598. The predicted molar refractivity (Wildman–Crippen MR) is 79.9 cm³/mol. The second kappa shape index (κ2) is 6.11. The molecule has 1 aromatic carbocycles. The van der Waals surface area contributed by atoms with E-state index in [1.165, 1.54) is 17.7 Å². The number of nitrogens with one attached hydrogen (secondary N) is 1. The number of hydrogen-bond acceptors (Lipinski definition) is 3. The van der Waals surface area contributed by atoms with E-state index >= 15 is 0 Å². The van der Waals surface area contributed by atoms with Crippen LogP contribution >= 0.6 is 0 Å². The van der Waals surface area contributed by atoms with E-state index in [4.69, 9.17) is 5.14 Å². The number of anilines is 1. The van der Waals surface area contributed by atoms with Gasteiger partial charge in [0.2, 0.25) is 10.0 Å². The second-order valence-electron chi connectivity index (χ2n) is 4.68. The van der Waals surface area contributed by atoms with E-state index < -0.39 is 10.0 Å². The lowest BCUT2D eigenvalue weighted by Gasteiger charge is -2.06. The third-order valence-corrected chi connectivity index (χ3v) is 3.90. The first-order chi connectivity index (χ1) is 9.49. The van der Waals surface area contributed by atoms with E-state index in [0.29, 0.717) is 6.54 Å². The van der Waals surface area contributed by atoms with Gasteiger partial charge >= 0.3 is 0 Å². The molecule has 0 atom stereocenters. The van der Waals surface area contributed by atoms with Gasteiger partial charge in [-0.25, -0.2) is 13.6 Å². The highest BCUT2D eigenvalue weighted by Gasteiger charge is 2.06. The van der Waals surface area contributed by atoms with Gasteiger partial charge in [-0.2, -0.15) is 0 Å². The molecule has 0 saturated heterocycles. The van der Waals surface area contributed by atoms with E-state index in [1.54, 1.807) is 12.1 Å². The average Bonchev–Trinajstić information content (AvgIpc) is 2.84. The summed E-state index contributed by atoms with van der Waals surface area (Å²) in [5.74, 6) is 0. The minimum Gasteiger partial charge on any atom is -0.381 e. The first-order valence-corrected chi connectivity index (χ1v) is 8.05. The highest BCUT2D eigenvalue weighted by Crippen LogP contribution is 2.14. The maximum atomic E-state index is 11.1. The molecule has 0 aliphatic carbocycles. The fourth-order valence-corrected chi connectivity index (χ4v) is 2.47. The number of nitrogens with two attached hydrogens (primary N) is 1. The number of primary sulfonamides is 1. The van der Waals surface area contributed by atoms with Crippen LogP contribution in [0.5, 0.6) is 0 Å². The second-order valence-corrected chi connectivity index (χ2v) is 6.24. The SMILES string of the molecule is CCCn1ccc(CNc2ccc(S(N)(=O)=O)cc2)c1. The van der Waals surface area contributed by atoms with Gasteiger partial charge in [0.15, 0.2) is 0 Å². The highest BCUT2D eigenvalue weighted by atomic mass is 32.2. The summed E-state index contributed by atoms with van der Waals surface area (Å²) in [6.07, 6.45) is 5.27. The van der Waals surface area contributed by atoms with Gasteiger partial charge in [-0.05, 0) is 42.3 Å². The predicted octanol–water partition coefficient (Wildman–Crippen LogP) is 2.16. The van der Waals surface area contributed by atoms with Gasteiger partial charge in [0, 0.05) is 31.2 Å². The van der Waals surface area contributed by atoms with Crippen molar-refractivity contribution >= 4 is 15.7 Å². The number of benzene rings is 1. The summed E-state index contributed by atoms with van der Waals surface area (Å²) in [4.78, 5) is 0.122. The molecule has 0 aliphatic heterocycles. The molecular formula is C14H19N3O2S. The summed E-state index contributed by atoms with van der Waals surface area (Å²) in [6, 6.07) is 8.49. The molecule has 3 N–H and O–H groups in total. The smallest absolute Gasteiger partial charge is 0.238 e. The fourth-order valence-electron chi connectivity index (χ4n) is 1.96. The molecule has 0 fully saturated rings. The number of rotatable bonds is 6. The van der Waals surface area contributed by atoms with Crippen molar-refractivity contribution in [2.45, 2.75) is 31.3 Å². The molecular weight excluding hydrogens is 274 g/mol. The summed E-state index contributed by atoms with van der Waals surface area (Å²) >= 11 is 0. The van der Waals surface area contributed by atoms with Gasteiger partial charge in [-0.15, -0.1) is 0 Å². The minimum absolute atomic E-state index is 0.122. The van der Waals surface area contributed by atoms with Gasteiger partial charge in [-0.1, -0.05) is 6.92 Å². The molecule has 20 heavy (non-hydrogen) atoms. The van der Waals surface area contributed by atoms with E-state index in [9.17, 15) is 8.42 Å². The van der Waals surface area contributed by atoms with Crippen LogP contribution in [0.15, 0.2) is 47.6 Å². The lowest BCUT2D eigenvalue weighted by atomic mass is 10.3.